The fourth-order valence-corrected chi connectivity index (χ4v) is 6.11. The lowest BCUT2D eigenvalue weighted by atomic mass is 9.99. The van der Waals surface area contributed by atoms with Crippen molar-refractivity contribution in [2.24, 2.45) is 0 Å². The van der Waals surface area contributed by atoms with Crippen LogP contribution in [-0.4, -0.2) is 46.3 Å². The number of H-pyrrole nitrogens is 1. The van der Waals surface area contributed by atoms with Crippen LogP contribution in [0.15, 0.2) is 65.8 Å². The van der Waals surface area contributed by atoms with E-state index in [1.807, 2.05) is 41.0 Å². The number of amides is 1. The van der Waals surface area contributed by atoms with Gasteiger partial charge in [-0.25, -0.2) is 4.98 Å². The summed E-state index contributed by atoms with van der Waals surface area (Å²) in [5, 5.41) is 15.0. The van der Waals surface area contributed by atoms with Gasteiger partial charge in [0, 0.05) is 40.8 Å². The number of ether oxygens (including phenoxy) is 1. The summed E-state index contributed by atoms with van der Waals surface area (Å²) in [6.45, 7) is 2.11. The van der Waals surface area contributed by atoms with E-state index < -0.39 is 5.60 Å². The summed E-state index contributed by atoms with van der Waals surface area (Å²) < 4.78 is 9.43. The molecule has 0 bridgehead atoms. The molecule has 2 N–H and O–H groups in total. The Morgan fingerprint density at radius 2 is 1.95 bits per heavy atom. The quantitative estimate of drug-likeness (QED) is 0.327. The van der Waals surface area contributed by atoms with Gasteiger partial charge in [0.15, 0.2) is 5.60 Å². The van der Waals surface area contributed by atoms with Gasteiger partial charge in [0.2, 0.25) is 0 Å². The first kappa shape index (κ1) is 24.1. The van der Waals surface area contributed by atoms with Crippen molar-refractivity contribution in [3.8, 4) is 33.8 Å². The Bertz CT molecular complexity index is 1920. The van der Waals surface area contributed by atoms with Crippen LogP contribution in [0.2, 0.25) is 5.02 Å². The van der Waals surface area contributed by atoms with Crippen molar-refractivity contribution in [3.05, 3.63) is 87.9 Å². The molecule has 3 aliphatic rings. The van der Waals surface area contributed by atoms with Gasteiger partial charge in [-0.1, -0.05) is 24.6 Å². The van der Waals surface area contributed by atoms with Crippen molar-refractivity contribution in [1.29, 1.82) is 0 Å². The van der Waals surface area contributed by atoms with Crippen LogP contribution in [0.25, 0.3) is 28.1 Å². The monoisotopic (exact) mass is 566 g/mol. The second-order valence-corrected chi connectivity index (χ2v) is 11.3. The highest BCUT2D eigenvalue weighted by Gasteiger charge is 2.55. The van der Waals surface area contributed by atoms with Crippen molar-refractivity contribution in [2.45, 2.75) is 43.7 Å². The molecule has 204 valence electrons. The maximum absolute atomic E-state index is 13.6. The van der Waals surface area contributed by atoms with Crippen LogP contribution in [0.1, 0.15) is 49.7 Å². The number of benzene rings is 2. The number of aromatic nitrogens is 7. The molecule has 11 nitrogen and oxygen atoms in total. The third-order valence-corrected chi connectivity index (χ3v) is 8.47. The third-order valence-electron chi connectivity index (χ3n) is 8.23. The minimum absolute atomic E-state index is 0.0776. The number of hydrogen-bond donors (Lipinski definition) is 2. The molecule has 0 radical (unpaired) electrons. The molecule has 0 saturated heterocycles. The largest absolute Gasteiger partial charge is 0.475 e. The Kier molecular flexibility index (Phi) is 5.05. The Hall–Kier alpha value is -4.77. The molecule has 2 atom stereocenters. The van der Waals surface area contributed by atoms with Crippen molar-refractivity contribution in [2.75, 3.05) is 5.32 Å². The number of anilines is 1. The van der Waals surface area contributed by atoms with Crippen LogP contribution in [0.3, 0.4) is 0 Å². The average Bonchev–Trinajstić information content (AvgIpc) is 3.33. The maximum Gasteiger partial charge on any atom is 0.268 e. The predicted octanol–water partition coefficient (Wildman–Crippen LogP) is 4.49. The van der Waals surface area contributed by atoms with E-state index in [4.69, 9.17) is 16.3 Å². The van der Waals surface area contributed by atoms with Crippen LogP contribution in [0, 0.1) is 0 Å². The molecule has 1 fully saturated rings. The van der Waals surface area contributed by atoms with Crippen LogP contribution in [-0.2, 0) is 4.79 Å². The van der Waals surface area contributed by atoms with Gasteiger partial charge in [-0.3, -0.25) is 9.59 Å². The second-order valence-electron chi connectivity index (χ2n) is 10.9. The van der Waals surface area contributed by atoms with Gasteiger partial charge in [0.05, 0.1) is 29.3 Å². The molecule has 8 rings (SSSR count). The molecule has 3 aromatic heterocycles. The number of imidazole rings is 1. The first-order chi connectivity index (χ1) is 19.9. The number of hydrogen-bond acceptors (Lipinski definition) is 7. The van der Waals surface area contributed by atoms with Crippen LogP contribution < -0.4 is 15.6 Å². The normalized spacial score (nSPS) is 19.9. The minimum Gasteiger partial charge on any atom is -0.475 e. The molecule has 1 amide bonds. The number of carbonyl (C=O) groups excluding carboxylic acids is 1. The van der Waals surface area contributed by atoms with Crippen LogP contribution in [0.4, 0.5) is 5.69 Å². The number of pyridine rings is 1. The van der Waals surface area contributed by atoms with E-state index in [2.05, 4.69) is 37.7 Å². The smallest absolute Gasteiger partial charge is 0.268 e. The van der Waals surface area contributed by atoms with E-state index in [1.165, 1.54) is 6.33 Å². The summed E-state index contributed by atoms with van der Waals surface area (Å²) in [6, 6.07) is 14.5. The number of nitrogens with one attached hydrogen (secondary N) is 2. The molecular weight excluding hydrogens is 544 g/mol. The number of carbonyl (C=O) groups is 1. The van der Waals surface area contributed by atoms with Crippen molar-refractivity contribution in [3.63, 3.8) is 0 Å². The number of halogens is 1. The lowest BCUT2D eigenvalue weighted by Crippen LogP contribution is -2.38. The number of rotatable bonds is 4. The summed E-state index contributed by atoms with van der Waals surface area (Å²) >= 11 is 6.35. The van der Waals surface area contributed by atoms with Gasteiger partial charge < -0.3 is 19.6 Å². The molecular formula is C29H23ClN8O3. The van der Waals surface area contributed by atoms with Crippen LogP contribution in [0.5, 0.6) is 5.75 Å². The zero-order chi connectivity index (χ0) is 27.9. The molecule has 1 saturated carbocycles. The molecule has 5 heterocycles. The average molecular weight is 567 g/mol. The molecule has 2 aliphatic heterocycles. The fourth-order valence-electron chi connectivity index (χ4n) is 5.94. The van der Waals surface area contributed by atoms with Gasteiger partial charge in [-0.2, -0.15) is 4.68 Å². The number of nitrogens with zero attached hydrogens (tertiary/aromatic N) is 6. The highest BCUT2D eigenvalue weighted by molar-refractivity contribution is 6.31. The van der Waals surface area contributed by atoms with E-state index in [0.29, 0.717) is 22.3 Å². The third kappa shape index (κ3) is 3.80. The summed E-state index contributed by atoms with van der Waals surface area (Å²) in [5.41, 5.74) is 4.68. The summed E-state index contributed by atoms with van der Waals surface area (Å²) in [5.74, 6) is 1.41. The zero-order valence-electron chi connectivity index (χ0n) is 21.8. The van der Waals surface area contributed by atoms with Gasteiger partial charge in [0.1, 0.15) is 17.9 Å². The second kappa shape index (κ2) is 8.61. The predicted molar refractivity (Wildman–Crippen MR) is 150 cm³/mol. The van der Waals surface area contributed by atoms with Crippen molar-refractivity contribution < 1.29 is 9.53 Å². The fraction of sp³-hybridized carbons (Fsp3) is 0.241. The van der Waals surface area contributed by atoms with E-state index in [9.17, 15) is 9.59 Å². The first-order valence-electron chi connectivity index (χ1n) is 13.4. The lowest BCUT2D eigenvalue weighted by Gasteiger charge is -2.26. The number of aromatic amines is 1. The van der Waals surface area contributed by atoms with Crippen molar-refractivity contribution >= 4 is 23.2 Å². The van der Waals surface area contributed by atoms with E-state index in [0.717, 1.165) is 53.0 Å². The zero-order valence-corrected chi connectivity index (χ0v) is 22.6. The van der Waals surface area contributed by atoms with Crippen molar-refractivity contribution in [1.82, 2.24) is 34.7 Å². The number of tetrazole rings is 1. The molecule has 12 heteroatoms. The standard InChI is InChI=1S/C29H23ClN8O3/c1-15-8-24(27-31-13-21(33-27)16-2-4-20-25(10-16)41-29(6-7-29)28(40)34-20)38-23(15)9-17(11-26(38)39)19-12-18(30)3-5-22(19)37-14-32-35-36-37/h2-5,9-15,24H,6-8H2,1H3,(H,31,33)(H,34,40)/t15-,24+/m1/s1. The Morgan fingerprint density at radius 1 is 1.07 bits per heavy atom. The van der Waals surface area contributed by atoms with E-state index >= 15 is 0 Å². The Morgan fingerprint density at radius 3 is 2.76 bits per heavy atom. The first-order valence-corrected chi connectivity index (χ1v) is 13.8. The van der Waals surface area contributed by atoms with Crippen LogP contribution >= 0.6 is 11.6 Å². The molecule has 0 unspecified atom stereocenters. The highest BCUT2D eigenvalue weighted by Crippen LogP contribution is 2.47. The molecule has 2 aromatic carbocycles. The highest BCUT2D eigenvalue weighted by atomic mass is 35.5. The van der Waals surface area contributed by atoms with Gasteiger partial charge in [0.25, 0.3) is 11.5 Å². The van der Waals surface area contributed by atoms with Gasteiger partial charge in [-0.15, -0.1) is 5.10 Å². The Labute approximate surface area is 238 Å². The summed E-state index contributed by atoms with van der Waals surface area (Å²) in [7, 11) is 0. The van der Waals surface area contributed by atoms with E-state index in [-0.39, 0.29) is 23.4 Å². The molecule has 1 spiro atoms. The minimum atomic E-state index is -0.716. The summed E-state index contributed by atoms with van der Waals surface area (Å²) in [4.78, 5) is 34.1. The topological polar surface area (TPSA) is 133 Å². The Balaban J connectivity index is 1.14. The molecule has 5 aromatic rings. The summed E-state index contributed by atoms with van der Waals surface area (Å²) in [6.07, 6.45) is 5.46. The molecule has 1 aliphatic carbocycles. The lowest BCUT2D eigenvalue weighted by molar-refractivity contribution is -0.125. The van der Waals surface area contributed by atoms with Gasteiger partial charge >= 0.3 is 0 Å². The number of fused-ring (bicyclic) bond motifs is 2. The SMILES string of the molecule is C[C@@H]1C[C@@H](c2ncc(-c3ccc4c(c3)OC3(CC3)C(=O)N4)[nH]2)n2c1cc(-c1cc(Cl)ccc1-n1cnnn1)cc2=O. The maximum atomic E-state index is 13.6. The van der Waals surface area contributed by atoms with E-state index in [1.54, 1.807) is 23.0 Å². The van der Waals surface area contributed by atoms with Gasteiger partial charge in [-0.05, 0) is 64.7 Å². The molecule has 41 heavy (non-hydrogen) atoms.